The van der Waals surface area contributed by atoms with Crippen LogP contribution in [0.3, 0.4) is 0 Å². The molecular formula is C23H18F4N4O. The molecule has 1 aliphatic rings. The summed E-state index contributed by atoms with van der Waals surface area (Å²) in [6, 6.07) is 13.5. The van der Waals surface area contributed by atoms with Gasteiger partial charge in [-0.1, -0.05) is 12.1 Å². The summed E-state index contributed by atoms with van der Waals surface area (Å²) in [7, 11) is 0. The third-order valence-corrected chi connectivity index (χ3v) is 5.32. The number of nitriles is 1. The number of halogens is 4. The molecule has 4 rings (SSSR count). The van der Waals surface area contributed by atoms with Crippen LogP contribution in [0.15, 0.2) is 48.5 Å². The van der Waals surface area contributed by atoms with Crippen LogP contribution in [0.2, 0.25) is 0 Å². The van der Waals surface area contributed by atoms with Gasteiger partial charge in [-0.15, -0.1) is 0 Å². The lowest BCUT2D eigenvalue weighted by Crippen LogP contribution is -2.39. The van der Waals surface area contributed by atoms with E-state index in [0.717, 1.165) is 17.0 Å². The predicted octanol–water partition coefficient (Wildman–Crippen LogP) is 4.58. The molecule has 9 heteroatoms. The Hall–Kier alpha value is -3.67. The molecule has 1 aliphatic carbocycles. The van der Waals surface area contributed by atoms with E-state index in [1.54, 1.807) is 0 Å². The third kappa shape index (κ3) is 4.49. The molecule has 0 spiro atoms. The fourth-order valence-corrected chi connectivity index (χ4v) is 3.88. The summed E-state index contributed by atoms with van der Waals surface area (Å²) >= 11 is 0. The van der Waals surface area contributed by atoms with Gasteiger partial charge in [0.2, 0.25) is 0 Å². The van der Waals surface area contributed by atoms with E-state index in [9.17, 15) is 22.4 Å². The van der Waals surface area contributed by atoms with Crippen LogP contribution in [-0.2, 0) is 19.4 Å². The van der Waals surface area contributed by atoms with Crippen LogP contribution in [0.5, 0.6) is 0 Å². The number of hydrogen-bond donors (Lipinski definition) is 0. The van der Waals surface area contributed by atoms with Crippen molar-refractivity contribution in [2.45, 2.75) is 32.0 Å². The molecule has 5 nitrogen and oxygen atoms in total. The van der Waals surface area contributed by atoms with Gasteiger partial charge in [-0.3, -0.25) is 4.79 Å². The maximum Gasteiger partial charge on any atom is 0.406 e. The van der Waals surface area contributed by atoms with Crippen molar-refractivity contribution in [1.29, 1.82) is 5.26 Å². The molecule has 0 N–H and O–H groups in total. The highest BCUT2D eigenvalue weighted by atomic mass is 19.4. The second-order valence-corrected chi connectivity index (χ2v) is 7.60. The highest BCUT2D eigenvalue weighted by molar-refractivity contribution is 5.94. The zero-order chi connectivity index (χ0) is 22.9. The lowest BCUT2D eigenvalue weighted by atomic mass is 10.1. The number of rotatable bonds is 5. The van der Waals surface area contributed by atoms with E-state index in [0.29, 0.717) is 35.2 Å². The first-order chi connectivity index (χ1) is 15.2. The van der Waals surface area contributed by atoms with Gasteiger partial charge in [0.25, 0.3) is 5.91 Å². The Morgan fingerprint density at radius 1 is 1.09 bits per heavy atom. The van der Waals surface area contributed by atoms with Crippen LogP contribution >= 0.6 is 0 Å². The Morgan fingerprint density at radius 2 is 1.78 bits per heavy atom. The number of amides is 1. The third-order valence-electron chi connectivity index (χ3n) is 5.32. The van der Waals surface area contributed by atoms with Gasteiger partial charge in [-0.05, 0) is 61.2 Å². The van der Waals surface area contributed by atoms with Crippen LogP contribution in [-0.4, -0.2) is 33.3 Å². The van der Waals surface area contributed by atoms with E-state index in [2.05, 4.69) is 5.10 Å². The Labute approximate surface area is 181 Å². The molecule has 164 valence electrons. The van der Waals surface area contributed by atoms with Crippen molar-refractivity contribution in [3.05, 3.63) is 82.4 Å². The molecule has 0 radical (unpaired) electrons. The van der Waals surface area contributed by atoms with Crippen LogP contribution < -0.4 is 0 Å². The van der Waals surface area contributed by atoms with Crippen molar-refractivity contribution in [2.24, 2.45) is 0 Å². The number of benzene rings is 2. The van der Waals surface area contributed by atoms with Gasteiger partial charge in [0.05, 0.1) is 17.3 Å². The summed E-state index contributed by atoms with van der Waals surface area (Å²) in [4.78, 5) is 14.0. The second kappa shape index (κ2) is 8.46. The van der Waals surface area contributed by atoms with Crippen LogP contribution in [0.25, 0.3) is 5.69 Å². The molecule has 0 saturated carbocycles. The van der Waals surface area contributed by atoms with Crippen molar-refractivity contribution >= 4 is 5.91 Å². The minimum absolute atomic E-state index is 0.0141. The molecule has 32 heavy (non-hydrogen) atoms. The van der Waals surface area contributed by atoms with E-state index >= 15 is 0 Å². The van der Waals surface area contributed by atoms with Gasteiger partial charge >= 0.3 is 6.18 Å². The molecule has 3 aromatic rings. The molecule has 1 aromatic heterocycles. The molecule has 0 fully saturated rings. The molecule has 2 aromatic carbocycles. The standard InChI is InChI=1S/C23H18F4N4O/c24-17-8-10-18(11-9-17)31-20-3-1-2-19(20)21(29-31)22(32)30(14-23(25,26)27)13-16-6-4-15(12-28)5-7-16/h4-11H,1-3,13-14H2. The van der Waals surface area contributed by atoms with E-state index in [1.807, 2.05) is 6.07 Å². The monoisotopic (exact) mass is 442 g/mol. The summed E-state index contributed by atoms with van der Waals surface area (Å²) in [5.41, 5.74) is 2.75. The average molecular weight is 442 g/mol. The number of alkyl halides is 3. The van der Waals surface area contributed by atoms with Gasteiger partial charge in [0.15, 0.2) is 5.69 Å². The maximum absolute atomic E-state index is 13.3. The minimum atomic E-state index is -4.59. The number of fused-ring (bicyclic) bond motifs is 1. The quantitative estimate of drug-likeness (QED) is 0.544. The summed E-state index contributed by atoms with van der Waals surface area (Å²) in [6.07, 6.45) is -2.68. The number of carbonyl (C=O) groups is 1. The SMILES string of the molecule is N#Cc1ccc(CN(CC(F)(F)F)C(=O)c2nn(-c3ccc(F)cc3)c3c2CCC3)cc1. The van der Waals surface area contributed by atoms with Crippen molar-refractivity contribution in [3.8, 4) is 11.8 Å². The number of hydrogen-bond acceptors (Lipinski definition) is 3. The normalized spacial score (nSPS) is 13.0. The van der Waals surface area contributed by atoms with Gasteiger partial charge in [0.1, 0.15) is 12.4 Å². The molecule has 1 amide bonds. The maximum atomic E-state index is 13.3. The smallest absolute Gasteiger partial charge is 0.324 e. The van der Waals surface area contributed by atoms with E-state index in [-0.39, 0.29) is 12.2 Å². The Balaban J connectivity index is 1.69. The van der Waals surface area contributed by atoms with Crippen molar-refractivity contribution in [2.75, 3.05) is 6.54 Å². The summed E-state index contributed by atoms with van der Waals surface area (Å²) in [5.74, 6) is -1.24. The highest BCUT2D eigenvalue weighted by Crippen LogP contribution is 2.30. The fraction of sp³-hybridized carbons (Fsp3) is 0.261. The second-order valence-electron chi connectivity index (χ2n) is 7.60. The van der Waals surface area contributed by atoms with Crippen molar-refractivity contribution in [3.63, 3.8) is 0 Å². The zero-order valence-electron chi connectivity index (χ0n) is 16.9. The fourth-order valence-electron chi connectivity index (χ4n) is 3.88. The van der Waals surface area contributed by atoms with Crippen LogP contribution in [0.1, 0.15) is 39.3 Å². The molecule has 0 atom stereocenters. The number of carbonyl (C=O) groups excluding carboxylic acids is 1. The number of aromatic nitrogens is 2. The largest absolute Gasteiger partial charge is 0.406 e. The van der Waals surface area contributed by atoms with Crippen LogP contribution in [0, 0.1) is 17.1 Å². The van der Waals surface area contributed by atoms with E-state index < -0.39 is 24.4 Å². The molecular weight excluding hydrogens is 424 g/mol. The van der Waals surface area contributed by atoms with Crippen molar-refractivity contribution in [1.82, 2.24) is 14.7 Å². The van der Waals surface area contributed by atoms with E-state index in [1.165, 1.54) is 53.2 Å². The molecule has 0 saturated heterocycles. The Bertz CT molecular complexity index is 1170. The summed E-state index contributed by atoms with van der Waals surface area (Å²) in [5, 5.41) is 13.3. The predicted molar refractivity (Wildman–Crippen MR) is 107 cm³/mol. The van der Waals surface area contributed by atoms with Crippen molar-refractivity contribution < 1.29 is 22.4 Å². The first kappa shape index (κ1) is 21.6. The van der Waals surface area contributed by atoms with Crippen LogP contribution in [0.4, 0.5) is 17.6 Å². The van der Waals surface area contributed by atoms with Gasteiger partial charge in [-0.2, -0.15) is 23.5 Å². The molecule has 0 unspecified atom stereocenters. The van der Waals surface area contributed by atoms with Gasteiger partial charge in [-0.25, -0.2) is 9.07 Å². The molecule has 0 bridgehead atoms. The zero-order valence-corrected chi connectivity index (χ0v) is 16.9. The first-order valence-electron chi connectivity index (χ1n) is 9.97. The lowest BCUT2D eigenvalue weighted by molar-refractivity contribution is -0.141. The minimum Gasteiger partial charge on any atom is -0.324 e. The first-order valence-corrected chi connectivity index (χ1v) is 9.97. The van der Waals surface area contributed by atoms with E-state index in [4.69, 9.17) is 5.26 Å². The van der Waals surface area contributed by atoms with Gasteiger partial charge < -0.3 is 4.90 Å². The lowest BCUT2D eigenvalue weighted by Gasteiger charge is -2.23. The Kier molecular flexibility index (Phi) is 5.70. The highest BCUT2D eigenvalue weighted by Gasteiger charge is 2.36. The van der Waals surface area contributed by atoms with Gasteiger partial charge in [0, 0.05) is 17.8 Å². The topological polar surface area (TPSA) is 61.9 Å². The molecule has 0 aliphatic heterocycles. The Morgan fingerprint density at radius 3 is 2.41 bits per heavy atom. The summed E-state index contributed by atoms with van der Waals surface area (Å²) < 4.78 is 54.7. The number of nitrogens with zero attached hydrogens (tertiary/aromatic N) is 4. The molecule has 1 heterocycles. The summed E-state index contributed by atoms with van der Waals surface area (Å²) in [6.45, 7) is -1.70. The average Bonchev–Trinajstić information content (AvgIpc) is 3.36.